The maximum Gasteiger partial charge on any atom is 0.227 e. The van der Waals surface area contributed by atoms with Crippen molar-refractivity contribution in [3.63, 3.8) is 0 Å². The Morgan fingerprint density at radius 1 is 1.50 bits per heavy atom. The highest BCUT2D eigenvalue weighted by molar-refractivity contribution is 5.89. The Hall–Kier alpha value is -1.92. The molecule has 1 fully saturated rings. The lowest BCUT2D eigenvalue weighted by molar-refractivity contribution is -0.131. The molecule has 1 aliphatic rings. The van der Waals surface area contributed by atoms with E-state index in [1.54, 1.807) is 12.3 Å². The van der Waals surface area contributed by atoms with E-state index < -0.39 is 0 Å². The smallest absolute Gasteiger partial charge is 0.227 e. The molecule has 6 heteroatoms. The molecule has 3 rings (SSSR count). The lowest BCUT2D eigenvalue weighted by Crippen LogP contribution is -2.45. The van der Waals surface area contributed by atoms with E-state index in [0.717, 1.165) is 29.4 Å². The van der Waals surface area contributed by atoms with Crippen LogP contribution in [0.3, 0.4) is 0 Å². The highest BCUT2D eigenvalue weighted by atomic mass is 19.1. The van der Waals surface area contributed by atoms with Gasteiger partial charge in [-0.1, -0.05) is 0 Å². The molecule has 1 aromatic carbocycles. The van der Waals surface area contributed by atoms with Crippen LogP contribution in [0.2, 0.25) is 0 Å². The Morgan fingerprint density at radius 3 is 3.04 bits per heavy atom. The standard InChI is InChI=1S/C18H24FN3O2/c1-12-17(21(2)7-8-23)5-6-22(12)18(24)9-13-11-20-16-4-3-14(19)10-15(13)16/h3-4,10-12,17,20,23H,5-9H2,1-2H3/t12-,17-/m1/s1. The van der Waals surface area contributed by atoms with Gasteiger partial charge in [0.15, 0.2) is 0 Å². The Bertz CT molecular complexity index is 730. The van der Waals surface area contributed by atoms with Gasteiger partial charge < -0.3 is 15.0 Å². The zero-order valence-corrected chi connectivity index (χ0v) is 14.1. The van der Waals surface area contributed by atoms with Crippen LogP contribution < -0.4 is 0 Å². The quantitative estimate of drug-likeness (QED) is 0.877. The monoisotopic (exact) mass is 333 g/mol. The third-order valence-corrected chi connectivity index (χ3v) is 5.12. The van der Waals surface area contributed by atoms with E-state index in [4.69, 9.17) is 5.11 Å². The first-order chi connectivity index (χ1) is 11.5. The number of nitrogens with one attached hydrogen (secondary N) is 1. The van der Waals surface area contributed by atoms with Gasteiger partial charge >= 0.3 is 0 Å². The Labute approximate surface area is 141 Å². The second-order valence-corrected chi connectivity index (χ2v) is 6.57. The molecule has 1 aromatic heterocycles. The van der Waals surface area contributed by atoms with Gasteiger partial charge in [-0.3, -0.25) is 9.69 Å². The molecule has 24 heavy (non-hydrogen) atoms. The minimum absolute atomic E-state index is 0.0626. The van der Waals surface area contributed by atoms with Crippen molar-refractivity contribution in [3.05, 3.63) is 35.8 Å². The summed E-state index contributed by atoms with van der Waals surface area (Å²) in [7, 11) is 1.98. The number of nitrogens with zero attached hydrogens (tertiary/aromatic N) is 2. The van der Waals surface area contributed by atoms with Gasteiger partial charge in [0.05, 0.1) is 13.0 Å². The Morgan fingerprint density at radius 2 is 2.29 bits per heavy atom. The number of likely N-dealkylation sites (tertiary alicyclic amines) is 1. The van der Waals surface area contributed by atoms with Crippen molar-refractivity contribution < 1.29 is 14.3 Å². The first-order valence-electron chi connectivity index (χ1n) is 8.37. The van der Waals surface area contributed by atoms with Crippen molar-refractivity contribution in [1.29, 1.82) is 0 Å². The van der Waals surface area contributed by atoms with Gasteiger partial charge in [0.2, 0.25) is 5.91 Å². The number of amides is 1. The first-order valence-corrected chi connectivity index (χ1v) is 8.37. The predicted molar refractivity (Wildman–Crippen MR) is 91.3 cm³/mol. The third-order valence-electron chi connectivity index (χ3n) is 5.12. The Kier molecular flexibility index (Phi) is 4.87. The number of carbonyl (C=O) groups is 1. The van der Waals surface area contributed by atoms with E-state index in [1.165, 1.54) is 12.1 Å². The fourth-order valence-electron chi connectivity index (χ4n) is 3.75. The maximum atomic E-state index is 13.5. The predicted octanol–water partition coefficient (Wildman–Crippen LogP) is 1.76. The van der Waals surface area contributed by atoms with Crippen LogP contribution >= 0.6 is 0 Å². The molecule has 0 radical (unpaired) electrons. The molecule has 2 heterocycles. The minimum atomic E-state index is -0.295. The van der Waals surface area contributed by atoms with E-state index >= 15 is 0 Å². The van der Waals surface area contributed by atoms with E-state index in [1.807, 2.05) is 11.9 Å². The van der Waals surface area contributed by atoms with Gasteiger partial charge in [-0.2, -0.15) is 0 Å². The van der Waals surface area contributed by atoms with Crippen LogP contribution in [0, 0.1) is 5.82 Å². The molecule has 2 aromatic rings. The normalized spacial score (nSPS) is 21.1. The molecule has 0 aliphatic carbocycles. The molecule has 1 amide bonds. The number of carbonyl (C=O) groups excluding carboxylic acids is 1. The molecular weight excluding hydrogens is 309 g/mol. The van der Waals surface area contributed by atoms with Crippen molar-refractivity contribution in [2.24, 2.45) is 0 Å². The summed E-state index contributed by atoms with van der Waals surface area (Å²) in [6.45, 7) is 3.50. The second-order valence-electron chi connectivity index (χ2n) is 6.57. The van der Waals surface area contributed by atoms with Crippen LogP contribution in [0.25, 0.3) is 10.9 Å². The third kappa shape index (κ3) is 3.16. The van der Waals surface area contributed by atoms with Gasteiger partial charge in [0.25, 0.3) is 0 Å². The molecule has 1 saturated heterocycles. The average molecular weight is 333 g/mol. The molecule has 0 unspecified atom stereocenters. The number of aromatic amines is 1. The van der Waals surface area contributed by atoms with Gasteiger partial charge in [-0.25, -0.2) is 4.39 Å². The maximum absolute atomic E-state index is 13.5. The molecule has 0 spiro atoms. The van der Waals surface area contributed by atoms with E-state index in [0.29, 0.717) is 6.54 Å². The highest BCUT2D eigenvalue weighted by Gasteiger charge is 2.35. The number of rotatable bonds is 5. The lowest BCUT2D eigenvalue weighted by atomic mass is 10.1. The molecular formula is C18H24FN3O2. The molecule has 0 bridgehead atoms. The van der Waals surface area contributed by atoms with Gasteiger partial charge in [0, 0.05) is 42.3 Å². The molecule has 130 valence electrons. The number of hydrogen-bond acceptors (Lipinski definition) is 3. The van der Waals surface area contributed by atoms with Crippen molar-refractivity contribution in [2.75, 3.05) is 26.7 Å². The number of benzene rings is 1. The van der Waals surface area contributed by atoms with Crippen LogP contribution in [0.4, 0.5) is 4.39 Å². The number of aliphatic hydroxyl groups is 1. The van der Waals surface area contributed by atoms with Crippen LogP contribution in [0.15, 0.2) is 24.4 Å². The zero-order chi connectivity index (χ0) is 17.3. The number of fused-ring (bicyclic) bond motifs is 1. The number of likely N-dealkylation sites (N-methyl/N-ethyl adjacent to an activating group) is 1. The summed E-state index contributed by atoms with van der Waals surface area (Å²) < 4.78 is 13.5. The molecule has 1 aliphatic heterocycles. The fourth-order valence-corrected chi connectivity index (χ4v) is 3.75. The fraction of sp³-hybridized carbons (Fsp3) is 0.500. The minimum Gasteiger partial charge on any atom is -0.395 e. The van der Waals surface area contributed by atoms with Gasteiger partial charge in [0.1, 0.15) is 5.82 Å². The lowest BCUT2D eigenvalue weighted by Gasteiger charge is -2.30. The Balaban J connectivity index is 1.72. The second kappa shape index (κ2) is 6.91. The molecule has 5 nitrogen and oxygen atoms in total. The molecule has 2 atom stereocenters. The van der Waals surface area contributed by atoms with Crippen LogP contribution in [0.1, 0.15) is 18.9 Å². The summed E-state index contributed by atoms with van der Waals surface area (Å²) in [6.07, 6.45) is 2.97. The molecule has 2 N–H and O–H groups in total. The van der Waals surface area contributed by atoms with Crippen LogP contribution in [-0.2, 0) is 11.2 Å². The largest absolute Gasteiger partial charge is 0.395 e. The summed E-state index contributed by atoms with van der Waals surface area (Å²) in [5.41, 5.74) is 1.67. The van der Waals surface area contributed by atoms with Gasteiger partial charge in [-0.15, -0.1) is 0 Å². The number of aliphatic hydroxyl groups excluding tert-OH is 1. The first kappa shape index (κ1) is 16.9. The SMILES string of the molecule is C[C@@H]1[C@H](N(C)CCO)CCN1C(=O)Cc1c[nH]c2ccc(F)cc12. The van der Waals surface area contributed by atoms with Crippen LogP contribution in [-0.4, -0.2) is 64.6 Å². The van der Waals surface area contributed by atoms with E-state index in [2.05, 4.69) is 16.8 Å². The zero-order valence-electron chi connectivity index (χ0n) is 14.1. The summed E-state index contributed by atoms with van der Waals surface area (Å²) in [6, 6.07) is 4.95. The van der Waals surface area contributed by atoms with Crippen molar-refractivity contribution in [3.8, 4) is 0 Å². The summed E-state index contributed by atoms with van der Waals surface area (Å²) in [5, 5.41) is 9.86. The highest BCUT2D eigenvalue weighted by Crippen LogP contribution is 2.25. The van der Waals surface area contributed by atoms with Crippen molar-refractivity contribution in [1.82, 2.24) is 14.8 Å². The molecule has 0 saturated carbocycles. The topological polar surface area (TPSA) is 59.6 Å². The number of halogens is 1. The van der Waals surface area contributed by atoms with Gasteiger partial charge in [-0.05, 0) is 44.2 Å². The number of aromatic nitrogens is 1. The van der Waals surface area contributed by atoms with Crippen molar-refractivity contribution >= 4 is 16.8 Å². The number of hydrogen-bond donors (Lipinski definition) is 2. The number of H-pyrrole nitrogens is 1. The summed E-state index contributed by atoms with van der Waals surface area (Å²) >= 11 is 0. The van der Waals surface area contributed by atoms with Crippen molar-refractivity contribution in [2.45, 2.75) is 31.8 Å². The van der Waals surface area contributed by atoms with E-state index in [9.17, 15) is 9.18 Å². The average Bonchev–Trinajstić information content (AvgIpc) is 3.11. The summed E-state index contributed by atoms with van der Waals surface area (Å²) in [4.78, 5) is 19.8. The summed E-state index contributed by atoms with van der Waals surface area (Å²) in [5.74, 6) is -0.233. The van der Waals surface area contributed by atoms with Crippen LogP contribution in [0.5, 0.6) is 0 Å². The van der Waals surface area contributed by atoms with E-state index in [-0.39, 0.29) is 36.8 Å².